The maximum atomic E-state index is 12.0. The lowest BCUT2D eigenvalue weighted by molar-refractivity contribution is -0.125. The minimum Gasteiger partial charge on any atom is -0.352 e. The zero-order valence-electron chi connectivity index (χ0n) is 9.67. The summed E-state index contributed by atoms with van der Waals surface area (Å²) in [4.78, 5) is 12.0. The maximum Gasteiger partial charge on any atom is 0.334 e. The van der Waals surface area contributed by atoms with Gasteiger partial charge in [-0.25, -0.2) is 0 Å². The average molecular weight is 260 g/mol. The summed E-state index contributed by atoms with van der Waals surface area (Å²) in [6, 6.07) is -0.123. The number of hydrogen-bond acceptors (Lipinski definition) is 3. The lowest BCUT2D eigenvalue weighted by Gasteiger charge is -2.30. The van der Waals surface area contributed by atoms with Crippen LogP contribution in [0.5, 0.6) is 0 Å². The lowest BCUT2D eigenvalue weighted by atomic mass is 9.91. The number of nitrogens with one attached hydrogen (secondary N) is 2. The van der Waals surface area contributed by atoms with Crippen molar-refractivity contribution in [2.75, 3.05) is 0 Å². The van der Waals surface area contributed by atoms with Gasteiger partial charge in [0.15, 0.2) is 0 Å². The van der Waals surface area contributed by atoms with Crippen LogP contribution in [0.25, 0.3) is 0 Å². The fraction of sp³-hybridized carbons (Fsp3) is 0.500. The topological polar surface area (TPSA) is 95.5 Å². The van der Waals surface area contributed by atoms with Crippen molar-refractivity contribution in [3.63, 3.8) is 0 Å². The zero-order valence-corrected chi connectivity index (χ0v) is 10.5. The van der Waals surface area contributed by atoms with Crippen molar-refractivity contribution in [2.24, 2.45) is 0 Å². The van der Waals surface area contributed by atoms with E-state index in [2.05, 4.69) is 5.32 Å². The molecule has 0 aliphatic heterocycles. The molecule has 1 aliphatic rings. The van der Waals surface area contributed by atoms with Crippen LogP contribution < -0.4 is 10.0 Å². The molecule has 0 spiro atoms. The van der Waals surface area contributed by atoms with Gasteiger partial charge in [-0.05, 0) is 20.3 Å². The number of carbonyl (C=O) groups is 1. The summed E-state index contributed by atoms with van der Waals surface area (Å²) in [7, 11) is -4.46. The molecule has 1 unspecified atom stereocenters. The highest BCUT2D eigenvalue weighted by molar-refractivity contribution is 7.83. The van der Waals surface area contributed by atoms with Gasteiger partial charge in [0, 0.05) is 6.04 Å². The van der Waals surface area contributed by atoms with E-state index >= 15 is 0 Å². The third-order valence-electron chi connectivity index (χ3n) is 2.20. The van der Waals surface area contributed by atoms with Crippen molar-refractivity contribution < 1.29 is 17.8 Å². The molecular weight excluding hydrogens is 244 g/mol. The largest absolute Gasteiger partial charge is 0.352 e. The predicted molar refractivity (Wildman–Crippen MR) is 63.6 cm³/mol. The van der Waals surface area contributed by atoms with E-state index in [1.165, 1.54) is 6.08 Å². The summed E-state index contributed by atoms with van der Waals surface area (Å²) in [6.07, 6.45) is 6.48. The Morgan fingerprint density at radius 1 is 1.41 bits per heavy atom. The molecule has 1 atom stereocenters. The molecule has 1 amide bonds. The van der Waals surface area contributed by atoms with Crippen LogP contribution in [0, 0.1) is 0 Å². The van der Waals surface area contributed by atoms with Gasteiger partial charge in [0.1, 0.15) is 5.54 Å². The SMILES string of the molecule is CC(C)NC(=O)C1(NS(=O)(=O)O)C=CC=CC1. The van der Waals surface area contributed by atoms with Crippen molar-refractivity contribution in [3.05, 3.63) is 24.3 Å². The van der Waals surface area contributed by atoms with E-state index in [0.29, 0.717) is 0 Å². The summed E-state index contributed by atoms with van der Waals surface area (Å²) in [5, 5.41) is 2.61. The van der Waals surface area contributed by atoms with Crippen LogP contribution in [0.4, 0.5) is 0 Å². The Kier molecular flexibility index (Phi) is 4.07. The molecule has 0 aromatic heterocycles. The standard InChI is InChI=1S/C10H16N2O4S/c1-8(2)11-9(13)10(12-17(14,15)16)6-4-3-5-7-10/h3-6,8,12H,7H2,1-2H3,(H,11,13)(H,14,15,16). The van der Waals surface area contributed by atoms with Crippen molar-refractivity contribution >= 4 is 16.2 Å². The number of carbonyl (C=O) groups excluding carboxylic acids is 1. The molecule has 0 heterocycles. The quantitative estimate of drug-likeness (QED) is 0.627. The van der Waals surface area contributed by atoms with Gasteiger partial charge in [0.25, 0.3) is 0 Å². The lowest BCUT2D eigenvalue weighted by Crippen LogP contribution is -2.58. The second-order valence-electron chi connectivity index (χ2n) is 4.17. The van der Waals surface area contributed by atoms with Gasteiger partial charge in [0.05, 0.1) is 0 Å². The fourth-order valence-corrected chi connectivity index (χ4v) is 2.24. The van der Waals surface area contributed by atoms with E-state index in [1.807, 2.05) is 4.72 Å². The number of amides is 1. The van der Waals surface area contributed by atoms with Crippen LogP contribution >= 0.6 is 0 Å². The normalized spacial score (nSPS) is 24.0. The number of hydrogen-bond donors (Lipinski definition) is 3. The van der Waals surface area contributed by atoms with E-state index in [1.54, 1.807) is 32.1 Å². The highest BCUT2D eigenvalue weighted by Crippen LogP contribution is 2.19. The molecule has 3 N–H and O–H groups in total. The predicted octanol–water partition coefficient (Wildman–Crippen LogP) is 0.158. The Labute approximate surface area is 101 Å². The first kappa shape index (κ1) is 13.9. The van der Waals surface area contributed by atoms with Gasteiger partial charge in [-0.3, -0.25) is 9.35 Å². The van der Waals surface area contributed by atoms with Gasteiger partial charge in [0.2, 0.25) is 5.91 Å². The Hall–Kier alpha value is -1.18. The summed E-state index contributed by atoms with van der Waals surface area (Å²) in [6.45, 7) is 3.53. The van der Waals surface area contributed by atoms with Crippen LogP contribution in [0.2, 0.25) is 0 Å². The molecule has 0 fully saturated rings. The van der Waals surface area contributed by atoms with Crippen LogP contribution in [0.1, 0.15) is 20.3 Å². The molecular formula is C10H16N2O4S. The Morgan fingerprint density at radius 2 is 2.06 bits per heavy atom. The minimum atomic E-state index is -4.46. The Balaban J connectivity index is 2.99. The van der Waals surface area contributed by atoms with Crippen molar-refractivity contribution in [1.82, 2.24) is 10.0 Å². The molecule has 0 aromatic carbocycles. The van der Waals surface area contributed by atoms with Gasteiger partial charge in [-0.2, -0.15) is 13.1 Å². The third-order valence-corrected chi connectivity index (χ3v) is 2.83. The molecule has 0 saturated carbocycles. The van der Waals surface area contributed by atoms with Crippen LogP contribution in [0.3, 0.4) is 0 Å². The average Bonchev–Trinajstić information content (AvgIpc) is 2.15. The molecule has 6 nitrogen and oxygen atoms in total. The van der Waals surface area contributed by atoms with E-state index < -0.39 is 21.8 Å². The summed E-state index contributed by atoms with van der Waals surface area (Å²) in [5.74, 6) is -0.495. The number of allylic oxidation sites excluding steroid dienone is 2. The Bertz CT molecular complexity index is 453. The fourth-order valence-electron chi connectivity index (χ4n) is 1.53. The minimum absolute atomic E-state index is 0.123. The molecule has 0 saturated heterocycles. The second kappa shape index (κ2) is 4.99. The van der Waals surface area contributed by atoms with Crippen molar-refractivity contribution in [3.8, 4) is 0 Å². The molecule has 96 valence electrons. The van der Waals surface area contributed by atoms with Gasteiger partial charge >= 0.3 is 10.3 Å². The highest BCUT2D eigenvalue weighted by Gasteiger charge is 2.39. The first-order valence-corrected chi connectivity index (χ1v) is 6.61. The first-order chi connectivity index (χ1) is 7.75. The molecule has 7 heteroatoms. The van der Waals surface area contributed by atoms with Crippen LogP contribution in [-0.4, -0.2) is 30.5 Å². The molecule has 0 aromatic rings. The smallest absolute Gasteiger partial charge is 0.334 e. The molecule has 0 bridgehead atoms. The van der Waals surface area contributed by atoms with Gasteiger partial charge < -0.3 is 5.32 Å². The molecule has 17 heavy (non-hydrogen) atoms. The van der Waals surface area contributed by atoms with Crippen LogP contribution in [0.15, 0.2) is 24.3 Å². The van der Waals surface area contributed by atoms with E-state index in [-0.39, 0.29) is 12.5 Å². The summed E-state index contributed by atoms with van der Waals surface area (Å²) < 4.78 is 32.6. The number of rotatable bonds is 4. The van der Waals surface area contributed by atoms with Crippen LogP contribution in [-0.2, 0) is 15.1 Å². The first-order valence-electron chi connectivity index (χ1n) is 5.17. The highest BCUT2D eigenvalue weighted by atomic mass is 32.2. The van der Waals surface area contributed by atoms with Gasteiger partial charge in [-0.15, -0.1) is 0 Å². The molecule has 1 aliphatic carbocycles. The van der Waals surface area contributed by atoms with Crippen molar-refractivity contribution in [2.45, 2.75) is 31.8 Å². The molecule has 1 rings (SSSR count). The zero-order chi connectivity index (χ0) is 13.1. The van der Waals surface area contributed by atoms with E-state index in [4.69, 9.17) is 4.55 Å². The third kappa shape index (κ3) is 3.95. The molecule has 0 radical (unpaired) electrons. The summed E-state index contributed by atoms with van der Waals surface area (Å²) in [5.41, 5.74) is -1.45. The van der Waals surface area contributed by atoms with Gasteiger partial charge in [-0.1, -0.05) is 24.3 Å². The monoisotopic (exact) mass is 260 g/mol. The van der Waals surface area contributed by atoms with E-state index in [9.17, 15) is 13.2 Å². The van der Waals surface area contributed by atoms with E-state index in [0.717, 1.165) is 0 Å². The maximum absolute atomic E-state index is 12.0. The second-order valence-corrected chi connectivity index (χ2v) is 5.32. The van der Waals surface area contributed by atoms with Crippen molar-refractivity contribution in [1.29, 1.82) is 0 Å². The summed E-state index contributed by atoms with van der Waals surface area (Å²) >= 11 is 0. The Morgan fingerprint density at radius 3 is 2.47 bits per heavy atom.